The zero-order valence-electron chi connectivity index (χ0n) is 15.1. The number of carbonyl (C=O) groups excluding carboxylic acids is 1. The Labute approximate surface area is 154 Å². The van der Waals surface area contributed by atoms with Gasteiger partial charge in [-0.05, 0) is 41.3 Å². The van der Waals surface area contributed by atoms with E-state index in [2.05, 4.69) is 19.2 Å². The zero-order valence-corrected chi connectivity index (χ0v) is 15.1. The molecule has 0 aromatic heterocycles. The standard InChI is InChI=1S/C23H23NO2/c1-17(2)19-12-14-20(15-13-19)23(25)24-21-10-6-7-11-22(21)26-16-18-8-4-3-5-9-18/h3-15,17H,16H2,1-2H3,(H,24,25). The van der Waals surface area contributed by atoms with Crippen LogP contribution in [0.3, 0.4) is 0 Å². The van der Waals surface area contributed by atoms with Gasteiger partial charge in [0.15, 0.2) is 0 Å². The molecule has 132 valence electrons. The number of hydrogen-bond acceptors (Lipinski definition) is 2. The van der Waals surface area contributed by atoms with Crippen LogP contribution in [0.15, 0.2) is 78.9 Å². The molecule has 26 heavy (non-hydrogen) atoms. The topological polar surface area (TPSA) is 38.3 Å². The fourth-order valence-electron chi connectivity index (χ4n) is 2.64. The maximum atomic E-state index is 12.6. The minimum Gasteiger partial charge on any atom is -0.487 e. The fraction of sp³-hybridized carbons (Fsp3) is 0.174. The Bertz CT molecular complexity index is 855. The van der Waals surface area contributed by atoms with E-state index in [1.165, 1.54) is 5.56 Å². The summed E-state index contributed by atoms with van der Waals surface area (Å²) in [5.41, 5.74) is 3.60. The van der Waals surface area contributed by atoms with E-state index in [0.717, 1.165) is 5.56 Å². The molecule has 1 amide bonds. The van der Waals surface area contributed by atoms with Crippen molar-refractivity contribution >= 4 is 11.6 Å². The van der Waals surface area contributed by atoms with Crippen LogP contribution in [0, 0.1) is 0 Å². The highest BCUT2D eigenvalue weighted by molar-refractivity contribution is 6.05. The van der Waals surface area contributed by atoms with Gasteiger partial charge in [0.1, 0.15) is 12.4 Å². The molecule has 0 saturated carbocycles. The van der Waals surface area contributed by atoms with Crippen molar-refractivity contribution in [1.82, 2.24) is 0 Å². The summed E-state index contributed by atoms with van der Waals surface area (Å²) in [7, 11) is 0. The first-order valence-corrected chi connectivity index (χ1v) is 8.80. The number of carbonyl (C=O) groups is 1. The molecule has 0 aliphatic carbocycles. The lowest BCUT2D eigenvalue weighted by atomic mass is 10.0. The number of anilines is 1. The average Bonchev–Trinajstić information content (AvgIpc) is 2.68. The van der Waals surface area contributed by atoms with Gasteiger partial charge in [0.2, 0.25) is 0 Å². The van der Waals surface area contributed by atoms with Crippen LogP contribution in [-0.4, -0.2) is 5.91 Å². The highest BCUT2D eigenvalue weighted by Crippen LogP contribution is 2.25. The largest absolute Gasteiger partial charge is 0.487 e. The molecule has 0 spiro atoms. The van der Waals surface area contributed by atoms with Crippen LogP contribution in [0.4, 0.5) is 5.69 Å². The molecule has 3 heteroatoms. The number of hydrogen-bond donors (Lipinski definition) is 1. The maximum Gasteiger partial charge on any atom is 0.255 e. The van der Waals surface area contributed by atoms with E-state index in [9.17, 15) is 4.79 Å². The summed E-state index contributed by atoms with van der Waals surface area (Å²) in [5.74, 6) is 0.957. The zero-order chi connectivity index (χ0) is 18.4. The number of para-hydroxylation sites is 2. The number of amides is 1. The molecule has 3 nitrogen and oxygen atoms in total. The lowest BCUT2D eigenvalue weighted by Gasteiger charge is -2.13. The second kappa shape index (κ2) is 8.34. The maximum absolute atomic E-state index is 12.6. The summed E-state index contributed by atoms with van der Waals surface area (Å²) in [5, 5.41) is 2.95. The highest BCUT2D eigenvalue weighted by Gasteiger charge is 2.10. The van der Waals surface area contributed by atoms with Crippen molar-refractivity contribution in [2.75, 3.05) is 5.32 Å². The molecule has 0 aliphatic heterocycles. The molecule has 0 unspecified atom stereocenters. The van der Waals surface area contributed by atoms with E-state index in [-0.39, 0.29) is 5.91 Å². The normalized spacial score (nSPS) is 10.6. The predicted octanol–water partition coefficient (Wildman–Crippen LogP) is 5.64. The van der Waals surface area contributed by atoms with Crippen LogP contribution >= 0.6 is 0 Å². The predicted molar refractivity (Wildman–Crippen MR) is 106 cm³/mol. The van der Waals surface area contributed by atoms with Gasteiger partial charge >= 0.3 is 0 Å². The van der Waals surface area contributed by atoms with E-state index in [4.69, 9.17) is 4.74 Å². The average molecular weight is 345 g/mol. The summed E-state index contributed by atoms with van der Waals surface area (Å²) in [6.07, 6.45) is 0. The van der Waals surface area contributed by atoms with E-state index in [1.807, 2.05) is 78.9 Å². The summed E-state index contributed by atoms with van der Waals surface area (Å²) in [6.45, 7) is 4.72. The molecule has 0 bridgehead atoms. The number of ether oxygens (including phenoxy) is 1. The molecule has 3 aromatic carbocycles. The minimum atomic E-state index is -0.143. The van der Waals surface area contributed by atoms with E-state index < -0.39 is 0 Å². The van der Waals surface area contributed by atoms with Gasteiger partial charge in [0, 0.05) is 5.56 Å². The molecule has 3 rings (SSSR count). The van der Waals surface area contributed by atoms with Gasteiger partial charge in [-0.2, -0.15) is 0 Å². The van der Waals surface area contributed by atoms with Gasteiger partial charge < -0.3 is 10.1 Å². The van der Waals surface area contributed by atoms with E-state index in [0.29, 0.717) is 29.5 Å². The lowest BCUT2D eigenvalue weighted by Crippen LogP contribution is -2.13. The van der Waals surface area contributed by atoms with Crippen molar-refractivity contribution in [3.05, 3.63) is 95.6 Å². The summed E-state index contributed by atoms with van der Waals surface area (Å²) in [6, 6.07) is 25.2. The monoisotopic (exact) mass is 345 g/mol. The Morgan fingerprint density at radius 3 is 2.23 bits per heavy atom. The van der Waals surface area contributed by atoms with Crippen molar-refractivity contribution in [3.8, 4) is 5.75 Å². The molecule has 0 atom stereocenters. The van der Waals surface area contributed by atoms with Crippen molar-refractivity contribution in [3.63, 3.8) is 0 Å². The van der Waals surface area contributed by atoms with Crippen molar-refractivity contribution < 1.29 is 9.53 Å². The first kappa shape index (κ1) is 17.7. The summed E-state index contributed by atoms with van der Waals surface area (Å²) in [4.78, 5) is 12.6. The van der Waals surface area contributed by atoms with Crippen LogP contribution in [0.25, 0.3) is 0 Å². The SMILES string of the molecule is CC(C)c1ccc(C(=O)Nc2ccccc2OCc2ccccc2)cc1. The van der Waals surface area contributed by atoms with Crippen molar-refractivity contribution in [2.24, 2.45) is 0 Å². The summed E-state index contributed by atoms with van der Waals surface area (Å²) < 4.78 is 5.90. The molecular formula is C23H23NO2. The first-order valence-electron chi connectivity index (χ1n) is 8.80. The first-order chi connectivity index (χ1) is 12.6. The number of benzene rings is 3. The Kier molecular flexibility index (Phi) is 5.69. The molecule has 0 radical (unpaired) electrons. The lowest BCUT2D eigenvalue weighted by molar-refractivity contribution is 0.102. The van der Waals surface area contributed by atoms with Gasteiger partial charge in [0.25, 0.3) is 5.91 Å². The van der Waals surface area contributed by atoms with Gasteiger partial charge in [0.05, 0.1) is 5.69 Å². The van der Waals surface area contributed by atoms with E-state index in [1.54, 1.807) is 0 Å². The number of nitrogens with one attached hydrogen (secondary N) is 1. The molecule has 0 heterocycles. The second-order valence-electron chi connectivity index (χ2n) is 6.50. The third-order valence-corrected chi connectivity index (χ3v) is 4.21. The smallest absolute Gasteiger partial charge is 0.255 e. The molecule has 0 saturated heterocycles. The van der Waals surface area contributed by atoms with Crippen LogP contribution in [0.2, 0.25) is 0 Å². The quantitative estimate of drug-likeness (QED) is 0.628. The molecule has 1 N–H and O–H groups in total. The molecule has 0 fully saturated rings. The van der Waals surface area contributed by atoms with E-state index >= 15 is 0 Å². The van der Waals surface area contributed by atoms with Crippen molar-refractivity contribution in [1.29, 1.82) is 0 Å². The van der Waals surface area contributed by atoms with Gasteiger partial charge in [-0.3, -0.25) is 4.79 Å². The molecular weight excluding hydrogens is 322 g/mol. The second-order valence-corrected chi connectivity index (χ2v) is 6.50. The van der Waals surface area contributed by atoms with Crippen LogP contribution < -0.4 is 10.1 Å². The van der Waals surface area contributed by atoms with Crippen LogP contribution in [0.1, 0.15) is 41.3 Å². The van der Waals surface area contributed by atoms with Crippen LogP contribution in [0.5, 0.6) is 5.75 Å². The molecule has 3 aromatic rings. The number of rotatable bonds is 6. The Morgan fingerprint density at radius 2 is 1.54 bits per heavy atom. The Morgan fingerprint density at radius 1 is 0.885 bits per heavy atom. The highest BCUT2D eigenvalue weighted by atomic mass is 16.5. The van der Waals surface area contributed by atoms with Gasteiger partial charge in [-0.15, -0.1) is 0 Å². The third kappa shape index (κ3) is 4.51. The third-order valence-electron chi connectivity index (χ3n) is 4.21. The van der Waals surface area contributed by atoms with Crippen molar-refractivity contribution in [2.45, 2.75) is 26.4 Å². The van der Waals surface area contributed by atoms with Gasteiger partial charge in [-0.25, -0.2) is 0 Å². The molecule has 0 aliphatic rings. The van der Waals surface area contributed by atoms with Crippen LogP contribution in [-0.2, 0) is 6.61 Å². The van der Waals surface area contributed by atoms with Gasteiger partial charge in [-0.1, -0.05) is 68.4 Å². The minimum absolute atomic E-state index is 0.143. The Hall–Kier alpha value is -3.07. The summed E-state index contributed by atoms with van der Waals surface area (Å²) >= 11 is 0. The fourth-order valence-corrected chi connectivity index (χ4v) is 2.64. The Balaban J connectivity index is 1.70.